The molecule has 0 unspecified atom stereocenters. The molecule has 0 saturated carbocycles. The molecule has 0 aliphatic rings. The van der Waals surface area contributed by atoms with E-state index in [9.17, 15) is 0 Å². The van der Waals surface area contributed by atoms with Gasteiger partial charge in [-0.15, -0.1) is 0 Å². The lowest BCUT2D eigenvalue weighted by Crippen LogP contribution is -2.14. The summed E-state index contributed by atoms with van der Waals surface area (Å²) in [6.07, 6.45) is 7.42. The Morgan fingerprint density at radius 1 is 1.20 bits per heavy atom. The van der Waals surface area contributed by atoms with Crippen LogP contribution >= 0.6 is 0 Å². The lowest BCUT2D eigenvalue weighted by Gasteiger charge is -2.07. The van der Waals surface area contributed by atoms with Gasteiger partial charge in [-0.2, -0.15) is 0 Å². The highest BCUT2D eigenvalue weighted by atomic mass is 16.5. The second-order valence-electron chi connectivity index (χ2n) is 4.62. The number of rotatable bonds is 8. The molecule has 1 N–H and O–H groups in total. The predicted molar refractivity (Wildman–Crippen MR) is 79.7 cm³/mol. The van der Waals surface area contributed by atoms with Crippen molar-refractivity contribution < 1.29 is 4.74 Å². The van der Waals surface area contributed by atoms with E-state index in [4.69, 9.17) is 4.74 Å². The molecule has 0 saturated heterocycles. The molecule has 4 heteroatoms. The van der Waals surface area contributed by atoms with Gasteiger partial charge in [0.1, 0.15) is 5.75 Å². The second-order valence-corrected chi connectivity index (χ2v) is 4.62. The molecule has 0 aliphatic carbocycles. The van der Waals surface area contributed by atoms with E-state index in [0.29, 0.717) is 6.61 Å². The minimum absolute atomic E-state index is 0.640. The van der Waals surface area contributed by atoms with Crippen LogP contribution < -0.4 is 10.1 Å². The van der Waals surface area contributed by atoms with Crippen LogP contribution in [-0.2, 0) is 13.0 Å². The molecule has 2 aromatic rings. The Kier molecular flexibility index (Phi) is 5.99. The molecule has 0 bridgehead atoms. The van der Waals surface area contributed by atoms with Crippen LogP contribution in [-0.4, -0.2) is 23.1 Å². The highest BCUT2D eigenvalue weighted by Gasteiger charge is 1.98. The zero-order chi connectivity index (χ0) is 14.0. The monoisotopic (exact) mass is 271 g/mol. The first-order valence-corrected chi connectivity index (χ1v) is 7.06. The zero-order valence-electron chi connectivity index (χ0n) is 11.9. The molecule has 2 rings (SSSR count). The summed E-state index contributed by atoms with van der Waals surface area (Å²) in [6.45, 7) is 4.62. The maximum Gasteiger partial charge on any atom is 0.137 e. The Morgan fingerprint density at radius 3 is 2.85 bits per heavy atom. The first-order valence-electron chi connectivity index (χ1n) is 7.06. The largest absolute Gasteiger partial charge is 0.492 e. The Morgan fingerprint density at radius 2 is 2.15 bits per heavy atom. The quantitative estimate of drug-likeness (QED) is 0.750. The third-order valence-corrected chi connectivity index (χ3v) is 2.91. The van der Waals surface area contributed by atoms with Gasteiger partial charge in [-0.25, -0.2) is 0 Å². The predicted octanol–water partition coefficient (Wildman–Crippen LogP) is 2.60. The van der Waals surface area contributed by atoms with Gasteiger partial charge < -0.3 is 10.1 Å². The molecule has 4 nitrogen and oxygen atoms in total. The van der Waals surface area contributed by atoms with Crippen molar-refractivity contribution in [3.63, 3.8) is 0 Å². The van der Waals surface area contributed by atoms with E-state index < -0.39 is 0 Å². The van der Waals surface area contributed by atoms with Gasteiger partial charge in [0.2, 0.25) is 0 Å². The Labute approximate surface area is 120 Å². The molecule has 0 atom stereocenters. The topological polar surface area (TPSA) is 47.0 Å². The summed E-state index contributed by atoms with van der Waals surface area (Å²) in [5.41, 5.74) is 2.22. The molecular formula is C16H21N3O. The summed E-state index contributed by atoms with van der Waals surface area (Å²) in [5, 5.41) is 3.33. The first-order chi connectivity index (χ1) is 9.88. The number of aromatic nitrogens is 2. The summed E-state index contributed by atoms with van der Waals surface area (Å²) < 4.78 is 5.68. The summed E-state index contributed by atoms with van der Waals surface area (Å²) in [7, 11) is 0. The number of nitrogens with zero attached hydrogens (tertiary/aromatic N) is 2. The fourth-order valence-corrected chi connectivity index (χ4v) is 1.83. The second kappa shape index (κ2) is 8.27. The number of pyridine rings is 2. The van der Waals surface area contributed by atoms with Gasteiger partial charge in [-0.3, -0.25) is 9.97 Å². The van der Waals surface area contributed by atoms with Crippen LogP contribution in [0, 0.1) is 0 Å². The third-order valence-electron chi connectivity index (χ3n) is 2.91. The lowest BCUT2D eigenvalue weighted by molar-refractivity contribution is 0.320. The fraction of sp³-hybridized carbons (Fsp3) is 0.375. The molecule has 0 amide bonds. The number of hydrogen-bond acceptors (Lipinski definition) is 4. The van der Waals surface area contributed by atoms with Gasteiger partial charge in [0, 0.05) is 25.4 Å². The minimum Gasteiger partial charge on any atom is -0.492 e. The standard InChI is InChI=1S/C16H21N3O/c1-2-8-17-12-15-5-6-16(13-19-15)20-10-7-14-4-3-9-18-11-14/h3-6,9,11,13,17H,2,7-8,10,12H2,1H3. The normalized spacial score (nSPS) is 10.4. The van der Waals surface area contributed by atoms with Gasteiger partial charge in [-0.1, -0.05) is 13.0 Å². The molecule has 106 valence electrons. The number of ether oxygens (including phenoxy) is 1. The molecule has 0 fully saturated rings. The van der Waals surface area contributed by atoms with E-state index in [0.717, 1.165) is 37.4 Å². The zero-order valence-corrected chi connectivity index (χ0v) is 11.9. The van der Waals surface area contributed by atoms with E-state index >= 15 is 0 Å². The highest BCUT2D eigenvalue weighted by molar-refractivity contribution is 5.20. The average Bonchev–Trinajstić information content (AvgIpc) is 2.50. The van der Waals surface area contributed by atoms with Crippen molar-refractivity contribution in [1.29, 1.82) is 0 Å². The third kappa shape index (κ3) is 4.97. The first kappa shape index (κ1) is 14.5. The Bertz CT molecular complexity index is 485. The maximum atomic E-state index is 5.68. The summed E-state index contributed by atoms with van der Waals surface area (Å²) in [4.78, 5) is 8.46. The van der Waals surface area contributed by atoms with Crippen molar-refractivity contribution in [3.8, 4) is 5.75 Å². The van der Waals surface area contributed by atoms with Crippen LogP contribution in [0.3, 0.4) is 0 Å². The van der Waals surface area contributed by atoms with Crippen LogP contribution in [0.15, 0.2) is 42.9 Å². The molecule has 2 heterocycles. The number of hydrogen-bond donors (Lipinski definition) is 1. The SMILES string of the molecule is CCCNCc1ccc(OCCc2cccnc2)cn1. The van der Waals surface area contributed by atoms with Gasteiger partial charge >= 0.3 is 0 Å². The van der Waals surface area contributed by atoms with Crippen LogP contribution in [0.2, 0.25) is 0 Å². The minimum atomic E-state index is 0.640. The van der Waals surface area contributed by atoms with Gasteiger partial charge in [0.15, 0.2) is 0 Å². The summed E-state index contributed by atoms with van der Waals surface area (Å²) in [5.74, 6) is 0.813. The van der Waals surface area contributed by atoms with Gasteiger partial charge in [0.25, 0.3) is 0 Å². The van der Waals surface area contributed by atoms with E-state index in [1.807, 2.05) is 24.4 Å². The van der Waals surface area contributed by atoms with E-state index in [1.165, 1.54) is 5.56 Å². The van der Waals surface area contributed by atoms with Gasteiger partial charge in [0.05, 0.1) is 18.5 Å². The summed E-state index contributed by atoms with van der Waals surface area (Å²) in [6, 6.07) is 7.97. The Hall–Kier alpha value is -1.94. The molecule has 2 aromatic heterocycles. The molecule has 20 heavy (non-hydrogen) atoms. The highest BCUT2D eigenvalue weighted by Crippen LogP contribution is 2.10. The molecule has 0 spiro atoms. The van der Waals surface area contributed by atoms with Gasteiger partial charge in [-0.05, 0) is 36.7 Å². The average molecular weight is 271 g/mol. The van der Waals surface area contributed by atoms with Crippen LogP contribution in [0.4, 0.5) is 0 Å². The molecule has 0 aromatic carbocycles. The van der Waals surface area contributed by atoms with Crippen molar-refractivity contribution in [1.82, 2.24) is 15.3 Å². The lowest BCUT2D eigenvalue weighted by atomic mass is 10.2. The van der Waals surface area contributed by atoms with Crippen LogP contribution in [0.1, 0.15) is 24.6 Å². The fourth-order valence-electron chi connectivity index (χ4n) is 1.83. The van der Waals surface area contributed by atoms with Crippen LogP contribution in [0.5, 0.6) is 5.75 Å². The van der Waals surface area contributed by atoms with E-state index in [-0.39, 0.29) is 0 Å². The van der Waals surface area contributed by atoms with Crippen molar-refractivity contribution in [2.75, 3.05) is 13.2 Å². The molecular weight excluding hydrogens is 250 g/mol. The molecule has 0 radical (unpaired) electrons. The van der Waals surface area contributed by atoms with Crippen LogP contribution in [0.25, 0.3) is 0 Å². The van der Waals surface area contributed by atoms with Crippen molar-refractivity contribution in [2.45, 2.75) is 26.3 Å². The summed E-state index contributed by atoms with van der Waals surface area (Å²) >= 11 is 0. The molecule has 0 aliphatic heterocycles. The van der Waals surface area contributed by atoms with E-state index in [1.54, 1.807) is 12.4 Å². The smallest absolute Gasteiger partial charge is 0.137 e. The van der Waals surface area contributed by atoms with Crippen molar-refractivity contribution >= 4 is 0 Å². The Balaban J connectivity index is 1.73. The van der Waals surface area contributed by atoms with E-state index in [2.05, 4.69) is 28.3 Å². The maximum absolute atomic E-state index is 5.68. The van der Waals surface area contributed by atoms with Crippen molar-refractivity contribution in [3.05, 3.63) is 54.1 Å². The van der Waals surface area contributed by atoms with Crippen molar-refractivity contribution in [2.24, 2.45) is 0 Å². The number of nitrogens with one attached hydrogen (secondary N) is 1.